The Kier molecular flexibility index (Phi) is 3.13. The molecule has 0 radical (unpaired) electrons. The van der Waals surface area contributed by atoms with Crippen molar-refractivity contribution in [2.24, 2.45) is 0 Å². The monoisotopic (exact) mass is 290 g/mol. The van der Waals surface area contributed by atoms with Crippen molar-refractivity contribution in [2.45, 2.75) is 12.2 Å². The van der Waals surface area contributed by atoms with Crippen molar-refractivity contribution in [3.8, 4) is 0 Å². The van der Waals surface area contributed by atoms with Crippen molar-refractivity contribution in [3.05, 3.63) is 88.3 Å². The summed E-state index contributed by atoms with van der Waals surface area (Å²) in [5.41, 5.74) is 1.70. The molecule has 1 aliphatic heterocycles. The fourth-order valence-corrected chi connectivity index (χ4v) is 2.53. The van der Waals surface area contributed by atoms with Crippen molar-refractivity contribution in [1.29, 1.82) is 0 Å². The largest absolute Gasteiger partial charge is 0.458 e. The maximum Gasteiger partial charge on any atom is 0.193 e. The highest BCUT2D eigenvalue weighted by Crippen LogP contribution is 2.40. The zero-order chi connectivity index (χ0) is 14.9. The predicted molar refractivity (Wildman–Crippen MR) is 85.6 cm³/mol. The number of rotatable bonds is 3. The van der Waals surface area contributed by atoms with E-state index in [2.05, 4.69) is 0 Å². The molecule has 2 heterocycles. The van der Waals surface area contributed by atoms with Crippen LogP contribution < -0.4 is 5.43 Å². The molecule has 3 aromatic rings. The van der Waals surface area contributed by atoms with Crippen molar-refractivity contribution in [2.75, 3.05) is 0 Å². The first kappa shape index (κ1) is 13.0. The Hall–Kier alpha value is -2.65. The summed E-state index contributed by atoms with van der Waals surface area (Å²) < 4.78 is 11.4. The molecule has 0 saturated carbocycles. The summed E-state index contributed by atoms with van der Waals surface area (Å²) in [6.45, 7) is 0. The first-order chi connectivity index (χ1) is 10.8. The summed E-state index contributed by atoms with van der Waals surface area (Å²) in [6.07, 6.45) is 3.81. The van der Waals surface area contributed by atoms with E-state index in [1.807, 2.05) is 54.6 Å². The predicted octanol–water partition coefficient (Wildman–Crippen LogP) is 3.95. The van der Waals surface area contributed by atoms with Crippen LogP contribution in [0, 0.1) is 0 Å². The lowest BCUT2D eigenvalue weighted by Gasteiger charge is -1.99. The van der Waals surface area contributed by atoms with Gasteiger partial charge in [0.25, 0.3) is 0 Å². The molecule has 0 aliphatic carbocycles. The minimum atomic E-state index is -0.169. The molecule has 0 spiro atoms. The van der Waals surface area contributed by atoms with Crippen molar-refractivity contribution in [1.82, 2.24) is 0 Å². The Morgan fingerprint density at radius 2 is 1.73 bits per heavy atom. The van der Waals surface area contributed by atoms with Gasteiger partial charge < -0.3 is 9.15 Å². The normalized spacial score (nSPS) is 20.5. The maximum atomic E-state index is 12.1. The van der Waals surface area contributed by atoms with Gasteiger partial charge in [0.05, 0.1) is 5.39 Å². The van der Waals surface area contributed by atoms with Crippen LogP contribution in [0.2, 0.25) is 0 Å². The van der Waals surface area contributed by atoms with Crippen LogP contribution >= 0.6 is 0 Å². The van der Waals surface area contributed by atoms with Gasteiger partial charge in [-0.05, 0) is 17.7 Å². The molecule has 2 aromatic carbocycles. The molecular formula is C19H14O3. The molecule has 0 bridgehead atoms. The number of ether oxygens (including phenoxy) is 1. The molecule has 1 aliphatic rings. The molecule has 1 aromatic heterocycles. The fourth-order valence-electron chi connectivity index (χ4n) is 2.53. The average molecular weight is 290 g/mol. The third-order valence-corrected chi connectivity index (χ3v) is 3.74. The van der Waals surface area contributed by atoms with Crippen LogP contribution in [-0.2, 0) is 4.74 Å². The first-order valence-corrected chi connectivity index (χ1v) is 7.23. The summed E-state index contributed by atoms with van der Waals surface area (Å²) in [4.78, 5) is 12.1. The molecule has 0 unspecified atom stereocenters. The van der Waals surface area contributed by atoms with E-state index in [4.69, 9.17) is 9.15 Å². The van der Waals surface area contributed by atoms with Crippen LogP contribution in [0.4, 0.5) is 0 Å². The highest BCUT2D eigenvalue weighted by atomic mass is 16.6. The minimum absolute atomic E-state index is 0.0295. The molecule has 4 rings (SSSR count). The average Bonchev–Trinajstić information content (AvgIpc) is 3.34. The van der Waals surface area contributed by atoms with E-state index in [1.54, 1.807) is 12.1 Å². The van der Waals surface area contributed by atoms with Crippen molar-refractivity contribution in [3.63, 3.8) is 0 Å². The molecule has 108 valence electrons. The number of hydrogen-bond donors (Lipinski definition) is 0. The zero-order valence-electron chi connectivity index (χ0n) is 11.8. The van der Waals surface area contributed by atoms with Gasteiger partial charge in [-0.2, -0.15) is 0 Å². The number of benzene rings is 2. The van der Waals surface area contributed by atoms with Crippen LogP contribution in [0.3, 0.4) is 0 Å². The Morgan fingerprint density at radius 1 is 0.955 bits per heavy atom. The van der Waals surface area contributed by atoms with Gasteiger partial charge in [-0.1, -0.05) is 54.6 Å². The fraction of sp³-hybridized carbons (Fsp3) is 0.105. The lowest BCUT2D eigenvalue weighted by atomic mass is 10.1. The molecule has 3 nitrogen and oxygen atoms in total. The molecule has 0 amide bonds. The number of para-hydroxylation sites is 1. The zero-order valence-corrected chi connectivity index (χ0v) is 11.8. The van der Waals surface area contributed by atoms with Gasteiger partial charge in [0.1, 0.15) is 23.6 Å². The van der Waals surface area contributed by atoms with Crippen LogP contribution in [0.5, 0.6) is 0 Å². The van der Waals surface area contributed by atoms with Crippen molar-refractivity contribution < 1.29 is 9.15 Å². The molecule has 3 heteroatoms. The molecule has 0 N–H and O–H groups in total. The molecule has 22 heavy (non-hydrogen) atoms. The highest BCUT2D eigenvalue weighted by molar-refractivity contribution is 5.76. The van der Waals surface area contributed by atoms with Gasteiger partial charge in [0, 0.05) is 6.07 Å². The summed E-state index contributed by atoms with van der Waals surface area (Å²) >= 11 is 0. The second-order valence-electron chi connectivity index (χ2n) is 5.30. The topological polar surface area (TPSA) is 42.7 Å². The van der Waals surface area contributed by atoms with E-state index in [0.29, 0.717) is 16.7 Å². The minimum Gasteiger partial charge on any atom is -0.458 e. The number of hydrogen-bond acceptors (Lipinski definition) is 3. The van der Waals surface area contributed by atoms with Gasteiger partial charge in [-0.15, -0.1) is 0 Å². The van der Waals surface area contributed by atoms with Crippen LogP contribution in [0.25, 0.3) is 17.0 Å². The summed E-state index contributed by atoms with van der Waals surface area (Å²) in [7, 11) is 0. The second kappa shape index (κ2) is 5.28. The summed E-state index contributed by atoms with van der Waals surface area (Å²) in [5, 5.41) is 0.600. The van der Waals surface area contributed by atoms with Gasteiger partial charge in [-0.3, -0.25) is 4.79 Å². The SMILES string of the molecule is O=c1cc([C@@H]2O[C@H]2/C=C/c2ccccc2)oc2ccccc12. The third kappa shape index (κ3) is 2.47. The molecule has 1 saturated heterocycles. The maximum absolute atomic E-state index is 12.1. The van der Waals surface area contributed by atoms with Gasteiger partial charge in [0.2, 0.25) is 0 Å². The van der Waals surface area contributed by atoms with Crippen LogP contribution in [0.1, 0.15) is 17.4 Å². The Bertz CT molecular complexity index is 893. The van der Waals surface area contributed by atoms with Crippen molar-refractivity contribution >= 4 is 17.0 Å². The van der Waals surface area contributed by atoms with Gasteiger partial charge in [0.15, 0.2) is 5.43 Å². The van der Waals surface area contributed by atoms with Gasteiger partial charge >= 0.3 is 0 Å². The Morgan fingerprint density at radius 3 is 2.59 bits per heavy atom. The molecule has 1 fully saturated rings. The van der Waals surface area contributed by atoms with E-state index in [9.17, 15) is 4.79 Å². The summed E-state index contributed by atoms with van der Waals surface area (Å²) in [5.74, 6) is 0.589. The van der Waals surface area contributed by atoms with E-state index in [0.717, 1.165) is 5.56 Å². The highest BCUT2D eigenvalue weighted by Gasteiger charge is 2.40. The van der Waals surface area contributed by atoms with E-state index >= 15 is 0 Å². The van der Waals surface area contributed by atoms with Crippen LogP contribution in [0.15, 0.2) is 76.0 Å². The third-order valence-electron chi connectivity index (χ3n) is 3.74. The Balaban J connectivity index is 1.57. The quantitative estimate of drug-likeness (QED) is 0.686. The lowest BCUT2D eigenvalue weighted by molar-refractivity contribution is 0.362. The lowest BCUT2D eigenvalue weighted by Crippen LogP contribution is -2.01. The van der Waals surface area contributed by atoms with Crippen LogP contribution in [-0.4, -0.2) is 6.10 Å². The first-order valence-electron chi connectivity index (χ1n) is 7.23. The second-order valence-corrected chi connectivity index (χ2v) is 5.30. The molecule has 2 atom stereocenters. The smallest absolute Gasteiger partial charge is 0.193 e. The number of epoxide rings is 1. The van der Waals surface area contributed by atoms with E-state index in [1.165, 1.54) is 6.07 Å². The standard InChI is InChI=1S/C19H14O3/c20-15-12-18(21-16-9-5-4-8-14(15)16)19-17(22-19)11-10-13-6-2-1-3-7-13/h1-12,17,19H/b11-10+/t17-,19+/m0/s1. The Labute approximate surface area is 127 Å². The van der Waals surface area contributed by atoms with E-state index in [-0.39, 0.29) is 17.6 Å². The van der Waals surface area contributed by atoms with Gasteiger partial charge in [-0.25, -0.2) is 0 Å². The summed E-state index contributed by atoms with van der Waals surface area (Å²) in [6, 6.07) is 18.8. The molecular weight excluding hydrogens is 276 g/mol. The number of fused-ring (bicyclic) bond motifs is 1. The van der Waals surface area contributed by atoms with E-state index < -0.39 is 0 Å².